The summed E-state index contributed by atoms with van der Waals surface area (Å²) >= 11 is 0.691. The average Bonchev–Trinajstić information content (AvgIpc) is 1.87. The number of hydrogen-bond acceptors (Lipinski definition) is 22. The lowest BCUT2D eigenvalue weighted by Gasteiger charge is -2.30. The molecular formula is C55H52BF2N13O12P2S. The maximum atomic E-state index is 17.1. The van der Waals surface area contributed by atoms with Crippen LogP contribution in [-0.4, -0.2) is 125 Å². The normalized spacial score (nSPS) is 25.6. The van der Waals surface area contributed by atoms with Gasteiger partial charge in [-0.15, -0.1) is 5.10 Å². The fourth-order valence-electron chi connectivity index (χ4n) is 10.7. The van der Waals surface area contributed by atoms with Crippen molar-refractivity contribution in [2.45, 2.75) is 81.4 Å². The Morgan fingerprint density at radius 2 is 1.43 bits per heavy atom. The van der Waals surface area contributed by atoms with E-state index in [0.717, 1.165) is 35.6 Å². The molecule has 0 saturated carbocycles. The zero-order valence-electron chi connectivity index (χ0n) is 45.7. The van der Waals surface area contributed by atoms with Crippen LogP contribution in [0.15, 0.2) is 128 Å². The van der Waals surface area contributed by atoms with Crippen LogP contribution in [0.4, 0.5) is 26.0 Å². The number of halogens is 2. The summed E-state index contributed by atoms with van der Waals surface area (Å²) in [4.78, 5) is 49.4. The number of carbonyl (C=O) groups excluding carboxylic acids is 2. The van der Waals surface area contributed by atoms with Gasteiger partial charge in [-0.25, -0.2) is 47.7 Å². The van der Waals surface area contributed by atoms with E-state index in [1.54, 1.807) is 58.1 Å². The zero-order valence-corrected chi connectivity index (χ0v) is 48.3. The third-order valence-corrected chi connectivity index (χ3v) is 19.9. The molecule has 4 aromatic carbocycles. The van der Waals surface area contributed by atoms with Crippen molar-refractivity contribution in [1.82, 2.24) is 49.0 Å². The Hall–Kier alpha value is -7.98. The van der Waals surface area contributed by atoms with Crippen molar-refractivity contribution < 1.29 is 64.5 Å². The van der Waals surface area contributed by atoms with Crippen LogP contribution in [0.5, 0.6) is 11.5 Å². The summed E-state index contributed by atoms with van der Waals surface area (Å²) in [7, 11) is -3.11. The monoisotopic (exact) mass is 1230 g/mol. The number of nitrogen functional groups attached to an aromatic ring is 2. The number of aromatic nitrogens is 10. The molecule has 9 aromatic rings. The summed E-state index contributed by atoms with van der Waals surface area (Å²) in [5.74, 6) is 0.00603. The third-order valence-electron chi connectivity index (χ3n) is 15.0. The number of nitrogens with zero attached hydrogens (tertiary/aromatic N) is 11. The zero-order chi connectivity index (χ0) is 59.4. The van der Waals surface area contributed by atoms with Gasteiger partial charge in [0.1, 0.15) is 65.6 Å². The molecule has 4 N–H and O–H groups in total. The van der Waals surface area contributed by atoms with Crippen molar-refractivity contribution in [3.8, 4) is 34.0 Å². The first-order chi connectivity index (χ1) is 41.6. The Balaban J connectivity index is 0.686. The molecule has 442 valence electrons. The van der Waals surface area contributed by atoms with Crippen LogP contribution in [-0.2, 0) is 60.3 Å². The lowest BCUT2D eigenvalue weighted by molar-refractivity contribution is -0.118. The van der Waals surface area contributed by atoms with Gasteiger partial charge < -0.3 is 44.4 Å². The molecule has 31 heteroatoms. The molecule has 25 nitrogen and oxygen atoms in total. The second-order valence-corrected chi connectivity index (χ2v) is 26.5. The maximum absolute atomic E-state index is 17.1. The minimum absolute atomic E-state index is 0.00232. The number of esters is 1. The smallest absolute Gasteiger partial charge is 0.389 e. The predicted molar refractivity (Wildman–Crippen MR) is 312 cm³/mol. The van der Waals surface area contributed by atoms with Gasteiger partial charge in [0.05, 0.1) is 61.6 Å². The van der Waals surface area contributed by atoms with Crippen LogP contribution in [0, 0.1) is 0 Å². The van der Waals surface area contributed by atoms with E-state index in [2.05, 4.69) is 35.2 Å². The van der Waals surface area contributed by atoms with Gasteiger partial charge in [-0.1, -0.05) is 66.7 Å². The first-order valence-corrected chi connectivity index (χ1v) is 32.3. The standard InChI is InChI=1S/C55H52BF2N13O12P2S/c1-2-41(72)68-23-32-7-3-4-8-35(32)47-44(36-9-5-6-10-38(36)68)66-67-71(47)21-22-76-33-17-13-31(14-18-33)55(73)79-34-15-11-30(12-16-34)26-86-85(75)78-25-40-48(42(57)53(81-40)70-29-65-46-50(60)62-27-63-52(46)70)82-84(56,74)77-24-39-49(83-85)43(58)54(80-39)69-28-64-45-37(59)19-20-61-51(45)69/h3-20,27-29,39-40,42-43,48-49,53-54H,2,21-26,56H2,1H3,(H2,59,61)(H2,60,62,63)/t39-,40-,42-,43-,48-,49-,53-,54-,84+,85-/m1/s1. The van der Waals surface area contributed by atoms with E-state index >= 15 is 13.3 Å². The topological polar surface area (TPSA) is 302 Å². The number of benzene rings is 4. The molecule has 5 aromatic heterocycles. The van der Waals surface area contributed by atoms with Crippen LogP contribution in [0.25, 0.3) is 44.8 Å². The van der Waals surface area contributed by atoms with Crippen LogP contribution in [0.2, 0.25) is 0 Å². The van der Waals surface area contributed by atoms with E-state index in [4.69, 9.17) is 48.5 Å². The molecular weight excluding hydrogens is 1180 g/mol. The summed E-state index contributed by atoms with van der Waals surface area (Å²) < 4.78 is 116. The van der Waals surface area contributed by atoms with Gasteiger partial charge in [0.2, 0.25) is 5.91 Å². The Morgan fingerprint density at radius 1 is 0.767 bits per heavy atom. The van der Waals surface area contributed by atoms with Crippen molar-refractivity contribution in [1.29, 1.82) is 0 Å². The molecule has 10 atom stereocenters. The Bertz CT molecular complexity index is 4150. The molecule has 0 bridgehead atoms. The highest BCUT2D eigenvalue weighted by molar-refractivity contribution is 8.54. The number of rotatable bonds is 12. The summed E-state index contributed by atoms with van der Waals surface area (Å²) in [5.41, 5.74) is 18.8. The van der Waals surface area contributed by atoms with Gasteiger partial charge in [-0.05, 0) is 71.0 Å². The van der Waals surface area contributed by atoms with Crippen LogP contribution >= 0.6 is 25.7 Å². The molecule has 86 heavy (non-hydrogen) atoms. The highest BCUT2D eigenvalue weighted by Crippen LogP contribution is 2.65. The molecule has 3 fully saturated rings. The Kier molecular flexibility index (Phi) is 15.5. The minimum atomic E-state index is -4.58. The average molecular weight is 1230 g/mol. The summed E-state index contributed by atoms with van der Waals surface area (Å²) in [6.07, 6.45) is -7.79. The Labute approximate surface area is 492 Å². The number of anilines is 3. The number of carbonyl (C=O) groups is 2. The number of fused-ring (bicyclic) bond motifs is 9. The van der Waals surface area contributed by atoms with E-state index in [-0.39, 0.29) is 63.4 Å². The van der Waals surface area contributed by atoms with Crippen molar-refractivity contribution in [2.75, 3.05) is 36.2 Å². The highest BCUT2D eigenvalue weighted by Gasteiger charge is 2.55. The van der Waals surface area contributed by atoms with Crippen LogP contribution < -0.4 is 25.8 Å². The molecule has 0 spiro atoms. The number of alkyl halides is 2. The van der Waals surface area contributed by atoms with Gasteiger partial charge in [-0.3, -0.25) is 27.5 Å². The molecule has 0 unspecified atom stereocenters. The highest BCUT2D eigenvalue weighted by atomic mass is 32.7. The SMILES string of the molecule is B[P@]1(=O)OC[C@H]2O[C@@H](n3cnc4c(N)ccnc43)[C@H](F)[C@@H]2O[P@](=O)(SCc2ccc(OC(=O)c3ccc(OCCn4nnc5c4-c4ccccc4CN(C(=O)CC)c4ccccc4-5)cc3)cc2)OC[C@H]2O[C@@H](n3cnc4c(N)ncnc43)[C@H](F)[C@@H]2O1. The quantitative estimate of drug-likeness (QED) is 0.0506. The maximum Gasteiger partial charge on any atom is 0.389 e. The lowest BCUT2D eigenvalue weighted by atomic mass is 9.95. The molecule has 1 amide bonds. The Morgan fingerprint density at radius 3 is 2.17 bits per heavy atom. The molecule has 9 heterocycles. The lowest BCUT2D eigenvalue weighted by Crippen LogP contribution is -2.37. The van der Waals surface area contributed by atoms with Gasteiger partial charge in [0.15, 0.2) is 41.9 Å². The minimum Gasteiger partial charge on any atom is -0.492 e. The van der Waals surface area contributed by atoms with Gasteiger partial charge in [-0.2, -0.15) is 0 Å². The first kappa shape index (κ1) is 57.1. The third kappa shape index (κ3) is 11.0. The summed E-state index contributed by atoms with van der Waals surface area (Å²) in [5, 5.41) is 9.15. The van der Waals surface area contributed by atoms with E-state index in [9.17, 15) is 14.2 Å². The van der Waals surface area contributed by atoms with Crippen molar-refractivity contribution >= 4 is 84.6 Å². The fraction of sp³-hybridized carbons (Fsp3) is 0.291. The fourth-order valence-corrected chi connectivity index (χ4v) is 15.3. The number of amides is 1. The molecule has 3 saturated heterocycles. The van der Waals surface area contributed by atoms with Gasteiger partial charge >= 0.3 is 12.8 Å². The van der Waals surface area contributed by atoms with E-state index in [0.29, 0.717) is 47.9 Å². The molecule has 4 aliphatic heterocycles. The van der Waals surface area contributed by atoms with Crippen molar-refractivity contribution in [2.24, 2.45) is 0 Å². The predicted octanol–water partition coefficient (Wildman–Crippen LogP) is 7.99. The molecule has 0 aliphatic carbocycles. The van der Waals surface area contributed by atoms with Gasteiger partial charge in [0, 0.05) is 29.5 Å². The van der Waals surface area contributed by atoms with Crippen molar-refractivity contribution in [3.05, 3.63) is 145 Å². The number of ether oxygens (including phenoxy) is 4. The number of para-hydroxylation sites is 1. The van der Waals surface area contributed by atoms with E-state index in [1.807, 2.05) is 55.5 Å². The van der Waals surface area contributed by atoms with Crippen LogP contribution in [0.3, 0.4) is 0 Å². The summed E-state index contributed by atoms with van der Waals surface area (Å²) in [6.45, 7) is -3.10. The molecule has 0 radical (unpaired) electrons. The van der Waals surface area contributed by atoms with E-state index < -0.39 is 82.7 Å². The molecule has 4 aliphatic rings. The number of hydrogen-bond donors (Lipinski definition) is 2. The van der Waals surface area contributed by atoms with Gasteiger partial charge in [0.25, 0.3) is 15.0 Å². The first-order valence-electron chi connectivity index (χ1n) is 27.1. The second-order valence-electron chi connectivity index (χ2n) is 20.5. The van der Waals surface area contributed by atoms with Crippen molar-refractivity contribution in [3.63, 3.8) is 0 Å². The summed E-state index contributed by atoms with van der Waals surface area (Å²) in [6, 6.07) is 29.9. The second kappa shape index (κ2) is 23.4. The largest absolute Gasteiger partial charge is 0.492 e. The molecule has 13 rings (SSSR count). The number of imidazole rings is 2. The number of nitrogens with two attached hydrogens (primary N) is 2. The van der Waals surface area contributed by atoms with Crippen LogP contribution in [0.1, 0.15) is 47.3 Å². The van der Waals surface area contributed by atoms with E-state index in [1.165, 1.54) is 40.4 Å². The number of pyridine rings is 1.